The summed E-state index contributed by atoms with van der Waals surface area (Å²) < 4.78 is 26.4. The molecule has 1 rings (SSSR count). The van der Waals surface area contributed by atoms with Gasteiger partial charge in [0, 0.05) is 12.1 Å². The molecule has 0 aliphatic rings. The molecule has 0 unspecified atom stereocenters. The first-order chi connectivity index (χ1) is 8.38. The van der Waals surface area contributed by atoms with E-state index < -0.39 is 10.0 Å². The minimum atomic E-state index is -3.57. The molecule has 0 fully saturated rings. The molecule has 0 saturated heterocycles. The highest BCUT2D eigenvalue weighted by Gasteiger charge is 2.17. The minimum absolute atomic E-state index is 0.0419. The average molecular weight is 307 g/mol. The van der Waals surface area contributed by atoms with Crippen LogP contribution in [0.1, 0.15) is 25.3 Å². The van der Waals surface area contributed by atoms with Crippen LogP contribution in [0.25, 0.3) is 0 Å². The second kappa shape index (κ2) is 6.47. The number of rotatable bonds is 6. The Hall–Kier alpha value is -0.690. The van der Waals surface area contributed by atoms with Crippen LogP contribution in [-0.4, -0.2) is 20.0 Å². The fraction of sp³-hybridized carbons (Fsp3) is 0.364. The van der Waals surface area contributed by atoms with Gasteiger partial charge >= 0.3 is 0 Å². The molecule has 4 nitrogen and oxygen atoms in total. The number of hydrogen-bond donors (Lipinski definition) is 2. The topological polar surface area (TPSA) is 72.2 Å². The molecule has 0 bridgehead atoms. The molecule has 0 aromatic heterocycles. The summed E-state index contributed by atoms with van der Waals surface area (Å²) in [5.41, 5.74) is 5.99. The molecule has 18 heavy (non-hydrogen) atoms. The van der Waals surface area contributed by atoms with E-state index in [9.17, 15) is 8.42 Å². The van der Waals surface area contributed by atoms with Crippen LogP contribution in [0.5, 0.6) is 0 Å². The van der Waals surface area contributed by atoms with Crippen molar-refractivity contribution in [1.29, 1.82) is 0 Å². The summed E-state index contributed by atoms with van der Waals surface area (Å²) in [6.45, 7) is 2.38. The van der Waals surface area contributed by atoms with Gasteiger partial charge in [0.1, 0.15) is 9.88 Å². The Labute approximate surface area is 118 Å². The molecule has 0 amide bonds. The lowest BCUT2D eigenvalue weighted by Gasteiger charge is -2.09. The Kier molecular flexibility index (Phi) is 5.52. The maximum absolute atomic E-state index is 11.9. The lowest BCUT2D eigenvalue weighted by molar-refractivity contribution is 0.578. The monoisotopic (exact) mass is 306 g/mol. The molecular formula is C11H15ClN2O2S2. The summed E-state index contributed by atoms with van der Waals surface area (Å²) in [5, 5.41) is 0.115. The van der Waals surface area contributed by atoms with Crippen molar-refractivity contribution >= 4 is 38.8 Å². The van der Waals surface area contributed by atoms with E-state index in [4.69, 9.17) is 29.6 Å². The maximum Gasteiger partial charge on any atom is 0.242 e. The molecule has 0 spiro atoms. The van der Waals surface area contributed by atoms with Crippen LogP contribution in [0.3, 0.4) is 0 Å². The van der Waals surface area contributed by atoms with Gasteiger partial charge in [-0.05, 0) is 18.6 Å². The van der Waals surface area contributed by atoms with Crippen molar-refractivity contribution in [2.75, 3.05) is 6.54 Å². The number of sulfonamides is 1. The maximum atomic E-state index is 11.9. The molecule has 0 heterocycles. The van der Waals surface area contributed by atoms with Crippen LogP contribution < -0.4 is 10.5 Å². The van der Waals surface area contributed by atoms with E-state index in [1.165, 1.54) is 12.1 Å². The zero-order valence-electron chi connectivity index (χ0n) is 9.94. The molecule has 7 heteroatoms. The number of hydrogen-bond acceptors (Lipinski definition) is 3. The van der Waals surface area contributed by atoms with Gasteiger partial charge in [-0.1, -0.05) is 43.2 Å². The molecule has 1 aromatic carbocycles. The molecule has 0 saturated carbocycles. The first-order valence-corrected chi connectivity index (χ1v) is 7.74. The normalized spacial score (nSPS) is 11.4. The quantitative estimate of drug-likeness (QED) is 0.623. The van der Waals surface area contributed by atoms with Crippen LogP contribution in [0.15, 0.2) is 23.1 Å². The molecule has 1 aromatic rings. The van der Waals surface area contributed by atoms with Gasteiger partial charge in [-0.15, -0.1) is 0 Å². The van der Waals surface area contributed by atoms with Crippen molar-refractivity contribution < 1.29 is 8.42 Å². The number of nitrogens with two attached hydrogens (primary N) is 1. The van der Waals surface area contributed by atoms with Gasteiger partial charge in [0.2, 0.25) is 10.0 Å². The van der Waals surface area contributed by atoms with Crippen LogP contribution in [-0.2, 0) is 10.0 Å². The summed E-state index contributed by atoms with van der Waals surface area (Å²) in [6.07, 6.45) is 1.69. The highest BCUT2D eigenvalue weighted by atomic mass is 35.5. The minimum Gasteiger partial charge on any atom is -0.389 e. The predicted octanol–water partition coefficient (Wildman–Crippen LogP) is 2.05. The van der Waals surface area contributed by atoms with E-state index in [1.807, 2.05) is 6.92 Å². The largest absolute Gasteiger partial charge is 0.389 e. The Balaban J connectivity index is 2.99. The van der Waals surface area contributed by atoms with Gasteiger partial charge in [-0.3, -0.25) is 0 Å². The Morgan fingerprint density at radius 1 is 1.50 bits per heavy atom. The van der Waals surface area contributed by atoms with Crippen LogP contribution in [0.4, 0.5) is 0 Å². The number of thiocarbonyl (C=S) groups is 1. The molecule has 100 valence electrons. The summed E-state index contributed by atoms with van der Waals surface area (Å²) in [5.74, 6) is 0. The second-order valence-electron chi connectivity index (χ2n) is 3.76. The third-order valence-corrected chi connectivity index (χ3v) is 4.51. The van der Waals surface area contributed by atoms with Crippen LogP contribution in [0, 0.1) is 0 Å². The van der Waals surface area contributed by atoms with Crippen molar-refractivity contribution in [3.8, 4) is 0 Å². The summed E-state index contributed by atoms with van der Waals surface area (Å²) in [4.78, 5) is 0.222. The highest BCUT2D eigenvalue weighted by Crippen LogP contribution is 2.22. The van der Waals surface area contributed by atoms with E-state index >= 15 is 0 Å². The van der Waals surface area contributed by atoms with Gasteiger partial charge in [-0.25, -0.2) is 13.1 Å². The Morgan fingerprint density at radius 2 is 2.17 bits per heavy atom. The van der Waals surface area contributed by atoms with Gasteiger partial charge in [0.15, 0.2) is 0 Å². The van der Waals surface area contributed by atoms with E-state index in [0.717, 1.165) is 12.8 Å². The fourth-order valence-corrected chi connectivity index (χ4v) is 3.08. The predicted molar refractivity (Wildman–Crippen MR) is 77.4 cm³/mol. The van der Waals surface area contributed by atoms with Gasteiger partial charge in [0.05, 0.1) is 5.02 Å². The third kappa shape index (κ3) is 3.91. The second-order valence-corrected chi connectivity index (χ2v) is 6.34. The van der Waals surface area contributed by atoms with Crippen molar-refractivity contribution in [2.24, 2.45) is 5.73 Å². The van der Waals surface area contributed by atoms with E-state index in [-0.39, 0.29) is 14.9 Å². The smallest absolute Gasteiger partial charge is 0.242 e. The molecule has 0 radical (unpaired) electrons. The van der Waals surface area contributed by atoms with Crippen molar-refractivity contribution in [2.45, 2.75) is 24.7 Å². The molecule has 0 aliphatic heterocycles. The van der Waals surface area contributed by atoms with E-state index in [2.05, 4.69) is 4.72 Å². The van der Waals surface area contributed by atoms with Gasteiger partial charge in [0.25, 0.3) is 0 Å². The zero-order valence-corrected chi connectivity index (χ0v) is 12.3. The SMILES string of the molecule is CCCCNS(=O)(=O)c1ccc(C(N)=S)cc1Cl. The van der Waals surface area contributed by atoms with E-state index in [1.54, 1.807) is 6.07 Å². The van der Waals surface area contributed by atoms with Gasteiger partial charge in [-0.2, -0.15) is 0 Å². The highest BCUT2D eigenvalue weighted by molar-refractivity contribution is 7.89. The van der Waals surface area contributed by atoms with Crippen LogP contribution >= 0.6 is 23.8 Å². The molecule has 0 atom stereocenters. The van der Waals surface area contributed by atoms with Crippen molar-refractivity contribution in [3.05, 3.63) is 28.8 Å². The number of halogens is 1. The van der Waals surface area contributed by atoms with Crippen molar-refractivity contribution in [1.82, 2.24) is 4.72 Å². The van der Waals surface area contributed by atoms with Crippen LogP contribution in [0.2, 0.25) is 5.02 Å². The molecule has 0 aliphatic carbocycles. The molecule has 3 N–H and O–H groups in total. The fourth-order valence-electron chi connectivity index (χ4n) is 1.33. The standard InChI is InChI=1S/C11H15ClN2O2S2/c1-2-3-6-14-18(15,16)10-5-4-8(11(13)17)7-9(10)12/h4-5,7,14H,2-3,6H2,1H3,(H2,13,17). The zero-order chi connectivity index (χ0) is 13.8. The van der Waals surface area contributed by atoms with Gasteiger partial charge < -0.3 is 5.73 Å². The number of nitrogens with one attached hydrogen (secondary N) is 1. The summed E-state index contributed by atoms with van der Waals surface area (Å²) in [6, 6.07) is 4.41. The Bertz CT molecular complexity index is 544. The molecular weight excluding hydrogens is 292 g/mol. The number of unbranched alkanes of at least 4 members (excludes halogenated alkanes) is 1. The third-order valence-electron chi connectivity index (χ3n) is 2.33. The number of benzene rings is 1. The summed E-state index contributed by atoms with van der Waals surface area (Å²) in [7, 11) is -3.57. The lowest BCUT2D eigenvalue weighted by Crippen LogP contribution is -2.25. The van der Waals surface area contributed by atoms with E-state index in [0.29, 0.717) is 12.1 Å². The first-order valence-electron chi connectivity index (χ1n) is 5.47. The Morgan fingerprint density at radius 3 is 2.67 bits per heavy atom. The average Bonchev–Trinajstić information content (AvgIpc) is 2.28. The van der Waals surface area contributed by atoms with Crippen molar-refractivity contribution in [3.63, 3.8) is 0 Å². The lowest BCUT2D eigenvalue weighted by atomic mass is 10.2. The summed E-state index contributed by atoms with van der Waals surface area (Å²) >= 11 is 10.7. The first kappa shape index (κ1) is 15.4.